The lowest BCUT2D eigenvalue weighted by atomic mass is 9.90. The average Bonchev–Trinajstić information content (AvgIpc) is 3.26. The third-order valence-electron chi connectivity index (χ3n) is 6.10. The molecule has 172 valence electrons. The minimum absolute atomic E-state index is 0.138. The number of aromatic nitrogens is 4. The van der Waals surface area contributed by atoms with E-state index in [0.717, 1.165) is 47.4 Å². The molecule has 0 radical (unpaired) electrons. The lowest BCUT2D eigenvalue weighted by Gasteiger charge is -2.19. The molecule has 2 heterocycles. The summed E-state index contributed by atoms with van der Waals surface area (Å²) in [6.45, 7) is 2.55. The Bertz CT molecular complexity index is 1360. The molecular weight excluding hydrogens is 428 g/mol. The van der Waals surface area contributed by atoms with Gasteiger partial charge in [0.15, 0.2) is 5.82 Å². The monoisotopic (exact) mass is 454 g/mol. The Hall–Kier alpha value is -4.20. The Morgan fingerprint density at radius 3 is 2.74 bits per heavy atom. The van der Waals surface area contributed by atoms with Crippen molar-refractivity contribution < 1.29 is 9.53 Å². The van der Waals surface area contributed by atoms with Crippen LogP contribution in [-0.2, 0) is 19.3 Å². The van der Waals surface area contributed by atoms with Crippen LogP contribution in [0.5, 0.6) is 5.75 Å². The summed E-state index contributed by atoms with van der Waals surface area (Å²) in [7, 11) is 1.66. The summed E-state index contributed by atoms with van der Waals surface area (Å²) in [5.41, 5.74) is 12.9. The molecule has 0 bridgehead atoms. The van der Waals surface area contributed by atoms with Crippen molar-refractivity contribution >= 4 is 11.7 Å². The first kappa shape index (κ1) is 21.6. The molecule has 0 fully saturated rings. The first-order chi connectivity index (χ1) is 16.5. The van der Waals surface area contributed by atoms with Crippen LogP contribution in [0.25, 0.3) is 17.2 Å². The molecule has 2 aromatic carbocycles. The third-order valence-corrected chi connectivity index (χ3v) is 6.10. The van der Waals surface area contributed by atoms with Crippen molar-refractivity contribution in [1.29, 1.82) is 0 Å². The van der Waals surface area contributed by atoms with E-state index >= 15 is 0 Å². The Kier molecular flexibility index (Phi) is 5.71. The van der Waals surface area contributed by atoms with E-state index in [4.69, 9.17) is 15.5 Å². The Morgan fingerprint density at radius 1 is 1.15 bits per heavy atom. The summed E-state index contributed by atoms with van der Waals surface area (Å²) in [4.78, 5) is 21.9. The number of hydrogen-bond donors (Lipinski definition) is 2. The van der Waals surface area contributed by atoms with Crippen molar-refractivity contribution in [2.24, 2.45) is 0 Å². The number of aryl methyl sites for hydroxylation is 3. The zero-order valence-corrected chi connectivity index (χ0v) is 19.2. The van der Waals surface area contributed by atoms with E-state index in [-0.39, 0.29) is 11.7 Å². The maximum atomic E-state index is 12.7. The van der Waals surface area contributed by atoms with Crippen LogP contribution in [0.2, 0.25) is 0 Å². The largest absolute Gasteiger partial charge is 0.497 e. The second-order valence-electron chi connectivity index (χ2n) is 8.43. The van der Waals surface area contributed by atoms with Crippen molar-refractivity contribution in [3.05, 3.63) is 82.7 Å². The SMILES string of the molecule is COc1ccc2c(c1)CCc1cnc(-n3cc(C(=O)NCCc4ccc(C)cc4)c(N)n3)nc1-2. The van der Waals surface area contributed by atoms with Gasteiger partial charge in [-0.3, -0.25) is 4.79 Å². The number of anilines is 1. The fourth-order valence-electron chi connectivity index (χ4n) is 4.16. The second-order valence-corrected chi connectivity index (χ2v) is 8.43. The quantitative estimate of drug-likeness (QED) is 0.463. The maximum absolute atomic E-state index is 12.7. The molecule has 8 heteroatoms. The topological polar surface area (TPSA) is 108 Å². The number of carbonyl (C=O) groups excluding carboxylic acids is 1. The van der Waals surface area contributed by atoms with Crippen molar-refractivity contribution in [3.63, 3.8) is 0 Å². The predicted octanol–water partition coefficient (Wildman–Crippen LogP) is 3.30. The van der Waals surface area contributed by atoms with Crippen molar-refractivity contribution in [1.82, 2.24) is 25.1 Å². The molecule has 0 saturated carbocycles. The van der Waals surface area contributed by atoms with Crippen LogP contribution in [0.15, 0.2) is 54.9 Å². The molecule has 0 spiro atoms. The van der Waals surface area contributed by atoms with Gasteiger partial charge in [-0.1, -0.05) is 29.8 Å². The first-order valence-corrected chi connectivity index (χ1v) is 11.2. The summed E-state index contributed by atoms with van der Waals surface area (Å²) in [5, 5.41) is 7.22. The summed E-state index contributed by atoms with van der Waals surface area (Å²) < 4.78 is 6.82. The fourth-order valence-corrected chi connectivity index (χ4v) is 4.16. The second kappa shape index (κ2) is 8.97. The van der Waals surface area contributed by atoms with Crippen LogP contribution in [-0.4, -0.2) is 39.3 Å². The molecule has 3 N–H and O–H groups in total. The van der Waals surface area contributed by atoms with Crippen LogP contribution in [0.3, 0.4) is 0 Å². The lowest BCUT2D eigenvalue weighted by molar-refractivity contribution is 0.0955. The highest BCUT2D eigenvalue weighted by Gasteiger charge is 2.21. The predicted molar refractivity (Wildman–Crippen MR) is 130 cm³/mol. The molecule has 5 rings (SSSR count). The van der Waals surface area contributed by atoms with Crippen LogP contribution in [0.1, 0.15) is 32.6 Å². The number of methoxy groups -OCH3 is 1. The number of nitrogens with two attached hydrogens (primary N) is 1. The van der Waals surface area contributed by atoms with Crippen LogP contribution in [0, 0.1) is 6.92 Å². The van der Waals surface area contributed by atoms with Gasteiger partial charge < -0.3 is 15.8 Å². The van der Waals surface area contributed by atoms with Crippen LogP contribution in [0.4, 0.5) is 5.82 Å². The number of hydrogen-bond acceptors (Lipinski definition) is 6. The number of carbonyl (C=O) groups is 1. The van der Waals surface area contributed by atoms with Crippen molar-refractivity contribution in [3.8, 4) is 23.0 Å². The number of rotatable bonds is 6. The van der Waals surface area contributed by atoms with E-state index < -0.39 is 0 Å². The number of nitrogens with one attached hydrogen (secondary N) is 1. The lowest BCUT2D eigenvalue weighted by Crippen LogP contribution is -2.26. The molecule has 1 amide bonds. The Labute approximate surface area is 197 Å². The molecule has 0 aliphatic heterocycles. The van der Waals surface area contributed by atoms with E-state index in [0.29, 0.717) is 18.1 Å². The van der Waals surface area contributed by atoms with Gasteiger partial charge in [0.1, 0.15) is 11.3 Å². The van der Waals surface area contributed by atoms with E-state index in [9.17, 15) is 4.79 Å². The maximum Gasteiger partial charge on any atom is 0.256 e. The highest BCUT2D eigenvalue weighted by Crippen LogP contribution is 2.34. The van der Waals surface area contributed by atoms with Crippen LogP contribution >= 0.6 is 0 Å². The average molecular weight is 455 g/mol. The van der Waals surface area contributed by atoms with E-state index in [1.165, 1.54) is 15.8 Å². The Morgan fingerprint density at radius 2 is 1.94 bits per heavy atom. The molecule has 1 aliphatic rings. The van der Waals surface area contributed by atoms with Gasteiger partial charge in [0.25, 0.3) is 11.9 Å². The molecule has 4 aromatic rings. The highest BCUT2D eigenvalue weighted by molar-refractivity contribution is 5.98. The normalized spacial score (nSPS) is 12.1. The number of nitrogen functional groups attached to an aromatic ring is 1. The molecule has 2 aromatic heterocycles. The number of nitrogens with zero attached hydrogens (tertiary/aromatic N) is 4. The number of ether oxygens (including phenoxy) is 1. The Balaban J connectivity index is 1.34. The first-order valence-electron chi connectivity index (χ1n) is 11.2. The van der Waals surface area contributed by atoms with Gasteiger partial charge in [0.05, 0.1) is 12.8 Å². The van der Waals surface area contributed by atoms with Gasteiger partial charge in [0, 0.05) is 24.5 Å². The van der Waals surface area contributed by atoms with Gasteiger partial charge in [-0.25, -0.2) is 14.6 Å². The summed E-state index contributed by atoms with van der Waals surface area (Å²) in [5.74, 6) is 1.06. The zero-order valence-electron chi connectivity index (χ0n) is 19.2. The summed E-state index contributed by atoms with van der Waals surface area (Å²) in [6.07, 6.45) is 5.90. The summed E-state index contributed by atoms with van der Waals surface area (Å²) >= 11 is 0. The molecule has 1 aliphatic carbocycles. The van der Waals surface area contributed by atoms with E-state index in [1.807, 2.05) is 31.3 Å². The number of benzene rings is 2. The highest BCUT2D eigenvalue weighted by atomic mass is 16.5. The van der Waals surface area contributed by atoms with Gasteiger partial charge in [-0.2, -0.15) is 0 Å². The molecule has 8 nitrogen and oxygen atoms in total. The number of amides is 1. The standard InChI is InChI=1S/C26H26N6O2/c1-16-3-5-17(6-4-16)11-12-28-25(33)22-15-32(31-24(22)27)26-29-14-19-8-7-18-13-20(34-2)9-10-21(18)23(19)30-26/h3-6,9-10,13-15H,7-8,11-12H2,1-2H3,(H2,27,31)(H,28,33). The molecule has 0 atom stereocenters. The molecule has 0 unspecified atom stereocenters. The minimum atomic E-state index is -0.272. The summed E-state index contributed by atoms with van der Waals surface area (Å²) in [6, 6.07) is 14.3. The van der Waals surface area contributed by atoms with E-state index in [2.05, 4.69) is 39.7 Å². The molecular formula is C26H26N6O2. The van der Waals surface area contributed by atoms with Gasteiger partial charge >= 0.3 is 0 Å². The number of fused-ring (bicyclic) bond motifs is 3. The molecule has 34 heavy (non-hydrogen) atoms. The molecule has 0 saturated heterocycles. The zero-order chi connectivity index (χ0) is 23.7. The van der Waals surface area contributed by atoms with Crippen LogP contribution < -0.4 is 15.8 Å². The third kappa shape index (κ3) is 4.22. The van der Waals surface area contributed by atoms with Gasteiger partial charge in [0.2, 0.25) is 0 Å². The smallest absolute Gasteiger partial charge is 0.256 e. The van der Waals surface area contributed by atoms with Gasteiger partial charge in [-0.15, -0.1) is 5.10 Å². The fraction of sp³-hybridized carbons (Fsp3) is 0.231. The minimum Gasteiger partial charge on any atom is -0.497 e. The van der Waals surface area contributed by atoms with Crippen molar-refractivity contribution in [2.45, 2.75) is 26.2 Å². The van der Waals surface area contributed by atoms with Gasteiger partial charge in [-0.05, 0) is 61.1 Å². The van der Waals surface area contributed by atoms with Crippen molar-refractivity contribution in [2.75, 3.05) is 19.4 Å². The van der Waals surface area contributed by atoms with E-state index in [1.54, 1.807) is 13.3 Å².